The van der Waals surface area contributed by atoms with Gasteiger partial charge in [-0.15, -0.1) is 0 Å². The Bertz CT molecular complexity index is 786. The fourth-order valence-electron chi connectivity index (χ4n) is 3.23. The van der Waals surface area contributed by atoms with Gasteiger partial charge in [-0.3, -0.25) is 9.69 Å². The SMILES string of the molecule is Cc1ccc(C(CNC(=O)CCc2ccc(C#N)cc2)N2CCOCC2)o1. The van der Waals surface area contributed by atoms with Gasteiger partial charge in [0, 0.05) is 26.1 Å². The summed E-state index contributed by atoms with van der Waals surface area (Å²) in [5.74, 6) is 1.76. The van der Waals surface area contributed by atoms with Crippen LogP contribution in [0.4, 0.5) is 0 Å². The number of hydrogen-bond acceptors (Lipinski definition) is 5. The van der Waals surface area contributed by atoms with Crippen LogP contribution >= 0.6 is 0 Å². The lowest BCUT2D eigenvalue weighted by atomic mass is 10.1. The number of nitrogens with zero attached hydrogens (tertiary/aromatic N) is 2. The third-order valence-electron chi connectivity index (χ3n) is 4.79. The highest BCUT2D eigenvalue weighted by atomic mass is 16.5. The maximum Gasteiger partial charge on any atom is 0.220 e. The van der Waals surface area contributed by atoms with Gasteiger partial charge in [0.25, 0.3) is 0 Å². The predicted molar refractivity (Wildman–Crippen MR) is 101 cm³/mol. The first-order valence-corrected chi connectivity index (χ1v) is 9.29. The highest BCUT2D eigenvalue weighted by Gasteiger charge is 2.25. The minimum Gasteiger partial charge on any atom is -0.465 e. The Morgan fingerprint density at radius 2 is 1.96 bits per heavy atom. The highest BCUT2D eigenvalue weighted by molar-refractivity contribution is 5.76. The van der Waals surface area contributed by atoms with E-state index in [9.17, 15) is 4.79 Å². The van der Waals surface area contributed by atoms with Crippen LogP contribution in [0.1, 0.15) is 35.1 Å². The number of benzene rings is 1. The van der Waals surface area contributed by atoms with E-state index in [4.69, 9.17) is 14.4 Å². The average Bonchev–Trinajstić information content (AvgIpc) is 3.13. The number of ether oxygens (including phenoxy) is 1. The van der Waals surface area contributed by atoms with Crippen molar-refractivity contribution in [2.24, 2.45) is 0 Å². The van der Waals surface area contributed by atoms with E-state index in [1.807, 2.05) is 31.2 Å². The number of aryl methyl sites for hydroxylation is 2. The van der Waals surface area contributed by atoms with Gasteiger partial charge < -0.3 is 14.5 Å². The van der Waals surface area contributed by atoms with Crippen molar-refractivity contribution < 1.29 is 13.9 Å². The third kappa shape index (κ3) is 5.43. The minimum atomic E-state index is 0.0147. The fourth-order valence-corrected chi connectivity index (χ4v) is 3.23. The van der Waals surface area contributed by atoms with Crippen LogP contribution in [-0.4, -0.2) is 43.7 Å². The molecular weight excluding hydrogens is 342 g/mol. The Kier molecular flexibility index (Phi) is 6.64. The standard InChI is InChI=1S/C21H25N3O3/c1-16-2-8-20(27-16)19(24-10-12-26-13-11-24)15-23-21(25)9-7-17-3-5-18(14-22)6-4-17/h2-6,8,19H,7,9-13,15H2,1H3,(H,23,25). The van der Waals surface area contributed by atoms with Crippen molar-refractivity contribution in [3.63, 3.8) is 0 Å². The molecule has 2 aromatic rings. The summed E-state index contributed by atoms with van der Waals surface area (Å²) in [7, 11) is 0. The molecule has 142 valence electrons. The zero-order valence-corrected chi connectivity index (χ0v) is 15.6. The van der Waals surface area contributed by atoms with E-state index in [1.165, 1.54) is 0 Å². The largest absolute Gasteiger partial charge is 0.465 e. The first kappa shape index (κ1) is 19.2. The summed E-state index contributed by atoms with van der Waals surface area (Å²) >= 11 is 0. The Balaban J connectivity index is 1.54. The van der Waals surface area contributed by atoms with E-state index in [2.05, 4.69) is 16.3 Å². The number of amides is 1. The minimum absolute atomic E-state index is 0.0147. The van der Waals surface area contributed by atoms with Crippen LogP contribution in [0.25, 0.3) is 0 Å². The highest BCUT2D eigenvalue weighted by Crippen LogP contribution is 2.23. The number of hydrogen-bond donors (Lipinski definition) is 1. The summed E-state index contributed by atoms with van der Waals surface area (Å²) in [6.07, 6.45) is 1.07. The Morgan fingerprint density at radius 1 is 1.22 bits per heavy atom. The van der Waals surface area contributed by atoms with Crippen LogP contribution in [0.3, 0.4) is 0 Å². The van der Waals surface area contributed by atoms with Crippen molar-refractivity contribution in [2.75, 3.05) is 32.8 Å². The average molecular weight is 367 g/mol. The van der Waals surface area contributed by atoms with Gasteiger partial charge in [-0.1, -0.05) is 12.1 Å². The molecule has 1 aromatic heterocycles. The second-order valence-corrected chi connectivity index (χ2v) is 6.73. The number of carbonyl (C=O) groups is 1. The van der Waals surface area contributed by atoms with Gasteiger partial charge in [-0.05, 0) is 43.2 Å². The first-order valence-electron chi connectivity index (χ1n) is 9.29. The Labute approximate surface area is 159 Å². The topological polar surface area (TPSA) is 78.5 Å². The molecule has 6 heteroatoms. The van der Waals surface area contributed by atoms with E-state index < -0.39 is 0 Å². The molecule has 1 saturated heterocycles. The van der Waals surface area contributed by atoms with E-state index in [-0.39, 0.29) is 11.9 Å². The number of nitrogens with one attached hydrogen (secondary N) is 1. The van der Waals surface area contributed by atoms with Crippen LogP contribution in [-0.2, 0) is 16.0 Å². The molecule has 3 rings (SSSR count). The molecule has 1 atom stereocenters. The molecule has 1 N–H and O–H groups in total. The van der Waals surface area contributed by atoms with E-state index in [1.54, 1.807) is 12.1 Å². The van der Waals surface area contributed by atoms with Crippen LogP contribution in [0.5, 0.6) is 0 Å². The van der Waals surface area contributed by atoms with Crippen molar-refractivity contribution in [3.8, 4) is 6.07 Å². The summed E-state index contributed by atoms with van der Waals surface area (Å²) in [6.45, 7) is 5.48. The number of nitriles is 1. The second kappa shape index (κ2) is 9.36. The van der Waals surface area contributed by atoms with Gasteiger partial charge in [-0.25, -0.2) is 0 Å². The third-order valence-corrected chi connectivity index (χ3v) is 4.79. The monoisotopic (exact) mass is 367 g/mol. The maximum absolute atomic E-state index is 12.3. The molecule has 0 bridgehead atoms. The molecule has 1 unspecified atom stereocenters. The molecule has 2 heterocycles. The lowest BCUT2D eigenvalue weighted by molar-refractivity contribution is -0.121. The summed E-state index contributed by atoms with van der Waals surface area (Å²) in [5, 5.41) is 11.9. The summed E-state index contributed by atoms with van der Waals surface area (Å²) in [5.41, 5.74) is 1.68. The lowest BCUT2D eigenvalue weighted by Crippen LogP contribution is -2.43. The molecule has 0 saturated carbocycles. The van der Waals surface area contributed by atoms with Gasteiger partial charge in [0.2, 0.25) is 5.91 Å². The predicted octanol–water partition coefficient (Wildman–Crippen LogP) is 2.58. The van der Waals surface area contributed by atoms with Crippen molar-refractivity contribution in [2.45, 2.75) is 25.8 Å². The van der Waals surface area contributed by atoms with E-state index >= 15 is 0 Å². The van der Waals surface area contributed by atoms with Gasteiger partial charge >= 0.3 is 0 Å². The molecule has 1 fully saturated rings. The molecule has 0 spiro atoms. The van der Waals surface area contributed by atoms with Crippen LogP contribution in [0.2, 0.25) is 0 Å². The maximum atomic E-state index is 12.3. The first-order chi connectivity index (χ1) is 13.2. The van der Waals surface area contributed by atoms with Gasteiger partial charge in [-0.2, -0.15) is 5.26 Å². The summed E-state index contributed by atoms with van der Waals surface area (Å²) in [4.78, 5) is 14.6. The molecule has 1 aliphatic heterocycles. The number of rotatable bonds is 7. The van der Waals surface area contributed by atoms with Crippen molar-refractivity contribution >= 4 is 5.91 Å². The lowest BCUT2D eigenvalue weighted by Gasteiger charge is -2.33. The van der Waals surface area contributed by atoms with Crippen molar-refractivity contribution in [3.05, 3.63) is 59.0 Å². The molecule has 27 heavy (non-hydrogen) atoms. The number of morpholine rings is 1. The van der Waals surface area contributed by atoms with Gasteiger partial charge in [0.1, 0.15) is 11.5 Å². The van der Waals surface area contributed by atoms with E-state index in [0.717, 1.165) is 30.2 Å². The molecule has 6 nitrogen and oxygen atoms in total. The molecular formula is C21H25N3O3. The quantitative estimate of drug-likeness (QED) is 0.814. The zero-order chi connectivity index (χ0) is 19.1. The molecule has 0 radical (unpaired) electrons. The Hall–Kier alpha value is -2.62. The molecule has 1 aromatic carbocycles. The molecule has 1 aliphatic rings. The summed E-state index contributed by atoms with van der Waals surface area (Å²) < 4.78 is 11.3. The normalized spacial score (nSPS) is 15.9. The van der Waals surface area contributed by atoms with Crippen LogP contribution in [0.15, 0.2) is 40.8 Å². The number of furan rings is 1. The van der Waals surface area contributed by atoms with Gasteiger partial charge in [0.15, 0.2) is 0 Å². The second-order valence-electron chi connectivity index (χ2n) is 6.73. The zero-order valence-electron chi connectivity index (χ0n) is 15.6. The molecule has 0 aliphatic carbocycles. The summed E-state index contributed by atoms with van der Waals surface area (Å²) in [6, 6.07) is 13.4. The van der Waals surface area contributed by atoms with E-state index in [0.29, 0.717) is 38.2 Å². The van der Waals surface area contributed by atoms with Crippen molar-refractivity contribution in [1.82, 2.24) is 10.2 Å². The Morgan fingerprint density at radius 3 is 2.59 bits per heavy atom. The van der Waals surface area contributed by atoms with Crippen LogP contribution in [0, 0.1) is 18.3 Å². The smallest absolute Gasteiger partial charge is 0.220 e. The van der Waals surface area contributed by atoms with Crippen LogP contribution < -0.4 is 5.32 Å². The fraction of sp³-hybridized carbons (Fsp3) is 0.429. The number of carbonyl (C=O) groups excluding carboxylic acids is 1. The van der Waals surface area contributed by atoms with Gasteiger partial charge in [0.05, 0.1) is 30.9 Å². The van der Waals surface area contributed by atoms with Crippen molar-refractivity contribution in [1.29, 1.82) is 5.26 Å². The molecule has 1 amide bonds.